The minimum atomic E-state index is -4.52. The lowest BCUT2D eigenvalue weighted by Gasteiger charge is -2.16. The third-order valence-corrected chi connectivity index (χ3v) is 3.55. The Morgan fingerprint density at radius 2 is 1.92 bits per heavy atom. The van der Waals surface area contributed by atoms with Gasteiger partial charge in [-0.05, 0) is 49.7 Å². The topological polar surface area (TPSA) is 38.3 Å². The standard InChI is InChI=1S/C17H15ClF3NO2/c1-10-4-3-5-13(8-10)24-11(2)16(23)22-15-9-12(17(19,20)21)6-7-14(15)18/h3-9,11H,1-2H3,(H,22,23)/t11-/m0/s1. The van der Waals surface area contributed by atoms with Crippen molar-refractivity contribution in [3.05, 3.63) is 58.6 Å². The molecular weight excluding hydrogens is 343 g/mol. The van der Waals surface area contributed by atoms with Gasteiger partial charge in [0.2, 0.25) is 0 Å². The minimum absolute atomic E-state index is 0.0131. The number of aryl methyl sites for hydroxylation is 1. The summed E-state index contributed by atoms with van der Waals surface area (Å²) in [5.41, 5.74) is -0.0494. The second-order valence-corrected chi connectivity index (χ2v) is 5.67. The molecule has 1 amide bonds. The van der Waals surface area contributed by atoms with E-state index in [0.29, 0.717) is 5.75 Å². The Morgan fingerprint density at radius 3 is 2.54 bits per heavy atom. The van der Waals surface area contributed by atoms with Gasteiger partial charge in [-0.25, -0.2) is 0 Å². The summed E-state index contributed by atoms with van der Waals surface area (Å²) in [6.45, 7) is 3.37. The Hall–Kier alpha value is -2.21. The summed E-state index contributed by atoms with van der Waals surface area (Å²) in [6.07, 6.45) is -5.43. The fourth-order valence-electron chi connectivity index (χ4n) is 1.98. The van der Waals surface area contributed by atoms with Crippen molar-refractivity contribution in [2.75, 3.05) is 5.32 Å². The van der Waals surface area contributed by atoms with Gasteiger partial charge >= 0.3 is 6.18 Å². The minimum Gasteiger partial charge on any atom is -0.481 e. The second-order valence-electron chi connectivity index (χ2n) is 5.26. The van der Waals surface area contributed by atoms with Gasteiger partial charge in [-0.3, -0.25) is 4.79 Å². The molecule has 0 saturated heterocycles. The van der Waals surface area contributed by atoms with Crippen LogP contribution in [0.4, 0.5) is 18.9 Å². The smallest absolute Gasteiger partial charge is 0.416 e. The van der Waals surface area contributed by atoms with Crippen LogP contribution in [0.25, 0.3) is 0 Å². The molecular formula is C17H15ClF3NO2. The van der Waals surface area contributed by atoms with Gasteiger partial charge in [0.15, 0.2) is 6.10 Å². The molecule has 0 saturated carbocycles. The SMILES string of the molecule is Cc1cccc(O[C@@H](C)C(=O)Nc2cc(C(F)(F)F)ccc2Cl)c1. The number of halogens is 4. The number of nitrogens with one attached hydrogen (secondary N) is 1. The summed E-state index contributed by atoms with van der Waals surface area (Å²) in [5, 5.41) is 2.37. The number of carbonyl (C=O) groups excluding carboxylic acids is 1. The van der Waals surface area contributed by atoms with Gasteiger partial charge in [0, 0.05) is 0 Å². The molecule has 0 unspecified atom stereocenters. The molecule has 0 heterocycles. The summed E-state index contributed by atoms with van der Waals surface area (Å²) in [7, 11) is 0. The highest BCUT2D eigenvalue weighted by Crippen LogP contribution is 2.33. The fourth-order valence-corrected chi connectivity index (χ4v) is 2.14. The highest BCUT2D eigenvalue weighted by atomic mass is 35.5. The summed E-state index contributed by atoms with van der Waals surface area (Å²) >= 11 is 5.85. The van der Waals surface area contributed by atoms with Crippen LogP contribution < -0.4 is 10.1 Å². The number of carbonyl (C=O) groups is 1. The van der Waals surface area contributed by atoms with Gasteiger partial charge in [0.1, 0.15) is 5.75 Å². The first kappa shape index (κ1) is 18.1. The average molecular weight is 358 g/mol. The van der Waals surface area contributed by atoms with Crippen LogP contribution in [0.3, 0.4) is 0 Å². The van der Waals surface area contributed by atoms with E-state index in [2.05, 4.69) is 5.32 Å². The number of hydrogen-bond donors (Lipinski definition) is 1. The van der Waals surface area contributed by atoms with Crippen molar-refractivity contribution in [2.24, 2.45) is 0 Å². The Labute approximate surface area is 142 Å². The van der Waals surface area contributed by atoms with Gasteiger partial charge < -0.3 is 10.1 Å². The lowest BCUT2D eigenvalue weighted by atomic mass is 10.2. The summed E-state index contributed by atoms with van der Waals surface area (Å²) < 4.78 is 43.7. The molecule has 2 aromatic rings. The van der Waals surface area contributed by atoms with E-state index < -0.39 is 23.8 Å². The van der Waals surface area contributed by atoms with Gasteiger partial charge in [-0.1, -0.05) is 23.7 Å². The van der Waals surface area contributed by atoms with Crippen molar-refractivity contribution >= 4 is 23.2 Å². The predicted octanol–water partition coefficient (Wildman–Crippen LogP) is 5.07. The number of benzene rings is 2. The highest BCUT2D eigenvalue weighted by molar-refractivity contribution is 6.33. The molecule has 0 fully saturated rings. The van der Waals surface area contributed by atoms with E-state index in [0.717, 1.165) is 23.8 Å². The zero-order valence-electron chi connectivity index (χ0n) is 12.9. The third kappa shape index (κ3) is 4.64. The maximum Gasteiger partial charge on any atom is 0.416 e. The lowest BCUT2D eigenvalue weighted by molar-refractivity contribution is -0.137. The normalized spacial score (nSPS) is 12.6. The number of ether oxygens (including phenoxy) is 1. The van der Waals surface area contributed by atoms with Crippen LogP contribution in [-0.4, -0.2) is 12.0 Å². The summed E-state index contributed by atoms with van der Waals surface area (Å²) in [5.74, 6) is -0.106. The zero-order valence-corrected chi connectivity index (χ0v) is 13.7. The van der Waals surface area contributed by atoms with Gasteiger partial charge in [0.25, 0.3) is 5.91 Å². The molecule has 1 N–H and O–H groups in total. The van der Waals surface area contributed by atoms with E-state index in [1.165, 1.54) is 6.92 Å². The van der Waals surface area contributed by atoms with Gasteiger partial charge in [-0.2, -0.15) is 13.2 Å². The Balaban J connectivity index is 2.11. The van der Waals surface area contributed by atoms with Gasteiger partial charge in [0.05, 0.1) is 16.3 Å². The van der Waals surface area contributed by atoms with Crippen LogP contribution in [0.5, 0.6) is 5.75 Å². The first-order chi connectivity index (χ1) is 11.2. The average Bonchev–Trinajstić information content (AvgIpc) is 2.48. The molecule has 0 spiro atoms. The summed E-state index contributed by atoms with van der Waals surface area (Å²) in [4.78, 5) is 12.1. The van der Waals surface area contributed by atoms with E-state index in [1.807, 2.05) is 13.0 Å². The maximum absolute atomic E-state index is 12.7. The van der Waals surface area contributed by atoms with Crippen molar-refractivity contribution in [1.29, 1.82) is 0 Å². The summed E-state index contributed by atoms with van der Waals surface area (Å²) in [6, 6.07) is 9.82. The number of hydrogen-bond acceptors (Lipinski definition) is 2. The van der Waals surface area contributed by atoms with Gasteiger partial charge in [-0.15, -0.1) is 0 Å². The van der Waals surface area contributed by atoms with E-state index in [1.54, 1.807) is 18.2 Å². The molecule has 128 valence electrons. The molecule has 0 bridgehead atoms. The molecule has 0 aliphatic heterocycles. The molecule has 2 aromatic carbocycles. The molecule has 1 atom stereocenters. The number of anilines is 1. The first-order valence-electron chi connectivity index (χ1n) is 7.08. The Kier molecular flexibility index (Phi) is 5.39. The van der Waals surface area contributed by atoms with Crippen molar-refractivity contribution in [2.45, 2.75) is 26.1 Å². The van der Waals surface area contributed by atoms with Crippen molar-refractivity contribution in [3.8, 4) is 5.75 Å². The van der Waals surface area contributed by atoms with E-state index in [4.69, 9.17) is 16.3 Å². The number of amides is 1. The van der Waals surface area contributed by atoms with Crippen LogP contribution in [0.1, 0.15) is 18.1 Å². The van der Waals surface area contributed by atoms with Crippen molar-refractivity contribution in [1.82, 2.24) is 0 Å². The maximum atomic E-state index is 12.7. The van der Waals surface area contributed by atoms with E-state index in [9.17, 15) is 18.0 Å². The van der Waals surface area contributed by atoms with E-state index in [-0.39, 0.29) is 10.7 Å². The fraction of sp³-hybridized carbons (Fsp3) is 0.235. The van der Waals surface area contributed by atoms with Crippen LogP contribution in [0, 0.1) is 6.92 Å². The molecule has 0 aliphatic carbocycles. The quantitative estimate of drug-likeness (QED) is 0.829. The lowest BCUT2D eigenvalue weighted by Crippen LogP contribution is -2.30. The monoisotopic (exact) mass is 357 g/mol. The molecule has 3 nitrogen and oxygen atoms in total. The molecule has 2 rings (SSSR count). The first-order valence-corrected chi connectivity index (χ1v) is 7.45. The number of alkyl halides is 3. The third-order valence-electron chi connectivity index (χ3n) is 3.22. The van der Waals surface area contributed by atoms with Crippen molar-refractivity contribution in [3.63, 3.8) is 0 Å². The second kappa shape index (κ2) is 7.13. The molecule has 7 heteroatoms. The Bertz CT molecular complexity index is 747. The highest BCUT2D eigenvalue weighted by Gasteiger charge is 2.31. The molecule has 0 radical (unpaired) electrons. The molecule has 0 aromatic heterocycles. The van der Waals surface area contributed by atoms with Crippen molar-refractivity contribution < 1.29 is 22.7 Å². The molecule has 24 heavy (non-hydrogen) atoms. The zero-order chi connectivity index (χ0) is 17.9. The van der Waals surface area contributed by atoms with Crippen LogP contribution in [-0.2, 0) is 11.0 Å². The molecule has 0 aliphatic rings. The number of rotatable bonds is 4. The van der Waals surface area contributed by atoms with Crippen LogP contribution in [0.2, 0.25) is 5.02 Å². The largest absolute Gasteiger partial charge is 0.481 e. The van der Waals surface area contributed by atoms with E-state index >= 15 is 0 Å². The van der Waals surface area contributed by atoms with Crippen LogP contribution >= 0.6 is 11.6 Å². The van der Waals surface area contributed by atoms with Crippen LogP contribution in [0.15, 0.2) is 42.5 Å². The Morgan fingerprint density at radius 1 is 1.21 bits per heavy atom. The predicted molar refractivity (Wildman–Crippen MR) is 86.4 cm³/mol.